The van der Waals surface area contributed by atoms with E-state index in [9.17, 15) is 0 Å². The lowest BCUT2D eigenvalue weighted by atomic mass is 10.6. The molecule has 0 aliphatic rings. The Bertz CT molecular complexity index is 358. The first-order chi connectivity index (χ1) is 5.40. The summed E-state index contributed by atoms with van der Waals surface area (Å²) in [5.41, 5.74) is 7.69. The van der Waals surface area contributed by atoms with Gasteiger partial charge in [-0.2, -0.15) is 4.98 Å². The Labute approximate surface area is 61.2 Å². The van der Waals surface area contributed by atoms with Gasteiger partial charge in [-0.15, -0.1) is 5.11 Å². The predicted molar refractivity (Wildman–Crippen MR) is 35.3 cm³/mol. The average molecular weight is 147 g/mol. The molecule has 6 nitrogen and oxygen atoms in total. The van der Waals surface area contributed by atoms with Gasteiger partial charge < -0.3 is 4.98 Å². The van der Waals surface area contributed by atoms with Gasteiger partial charge in [0.2, 0.25) is 5.95 Å². The van der Waals surface area contributed by atoms with Crippen molar-refractivity contribution in [3.05, 3.63) is 12.5 Å². The monoisotopic (exact) mass is 147 g/mol. The maximum absolute atomic E-state index is 6.65. The summed E-state index contributed by atoms with van der Waals surface area (Å²) in [5.74, 6) is 0.219. The summed E-state index contributed by atoms with van der Waals surface area (Å²) in [5, 5.41) is 3.10. The van der Waals surface area contributed by atoms with E-state index >= 15 is 0 Å². The molecule has 0 aliphatic carbocycles. The topological polar surface area (TPSA) is 90.7 Å². The Morgan fingerprint density at radius 2 is 2.55 bits per heavy atom. The Kier molecular flexibility index (Phi) is 1.12. The van der Waals surface area contributed by atoms with Gasteiger partial charge >= 0.3 is 0 Å². The maximum atomic E-state index is 6.65. The van der Waals surface area contributed by atoms with Crippen LogP contribution in [0.2, 0.25) is 0 Å². The Morgan fingerprint density at radius 1 is 1.64 bits per heavy atom. The Hall–Kier alpha value is -1.85. The SMILES string of the molecule is N=Nc1nc2ncn[c]c2[nH]1. The highest BCUT2D eigenvalue weighted by Crippen LogP contribution is 2.10. The van der Waals surface area contributed by atoms with Gasteiger partial charge in [-0.1, -0.05) is 0 Å². The van der Waals surface area contributed by atoms with E-state index in [1.54, 1.807) is 0 Å². The lowest BCUT2D eigenvalue weighted by Crippen LogP contribution is -1.77. The molecular formula is C5H3N6. The normalized spacial score (nSPS) is 10.2. The zero-order chi connectivity index (χ0) is 7.68. The van der Waals surface area contributed by atoms with Crippen molar-refractivity contribution in [3.63, 3.8) is 0 Å². The molecule has 0 bridgehead atoms. The highest BCUT2D eigenvalue weighted by Gasteiger charge is 2.00. The largest absolute Gasteiger partial charge is 0.318 e. The lowest BCUT2D eigenvalue weighted by Gasteiger charge is -1.78. The molecule has 6 heteroatoms. The molecule has 0 aliphatic heterocycles. The van der Waals surface area contributed by atoms with Gasteiger partial charge in [0.05, 0.1) is 0 Å². The fourth-order valence-corrected chi connectivity index (χ4v) is 0.753. The third-order valence-corrected chi connectivity index (χ3v) is 1.19. The van der Waals surface area contributed by atoms with E-state index in [0.29, 0.717) is 11.2 Å². The molecule has 0 saturated heterocycles. The minimum Gasteiger partial charge on any atom is -0.318 e. The van der Waals surface area contributed by atoms with Crippen molar-refractivity contribution in [3.8, 4) is 0 Å². The molecule has 0 amide bonds. The summed E-state index contributed by atoms with van der Waals surface area (Å²) in [6.07, 6.45) is 3.98. The van der Waals surface area contributed by atoms with Crippen molar-refractivity contribution in [2.24, 2.45) is 5.11 Å². The summed E-state index contributed by atoms with van der Waals surface area (Å²) in [6, 6.07) is 0. The fourth-order valence-electron chi connectivity index (χ4n) is 0.753. The summed E-state index contributed by atoms with van der Waals surface area (Å²) in [6.45, 7) is 0. The minimum atomic E-state index is 0.219. The molecule has 2 aromatic rings. The molecule has 2 aromatic heterocycles. The van der Waals surface area contributed by atoms with Crippen molar-refractivity contribution in [2.45, 2.75) is 0 Å². The molecule has 0 aromatic carbocycles. The van der Waals surface area contributed by atoms with Crippen molar-refractivity contribution < 1.29 is 0 Å². The van der Waals surface area contributed by atoms with Crippen molar-refractivity contribution in [1.82, 2.24) is 19.9 Å². The van der Waals surface area contributed by atoms with E-state index in [1.807, 2.05) is 0 Å². The Balaban J connectivity index is 2.78. The van der Waals surface area contributed by atoms with Crippen LogP contribution in [0.1, 0.15) is 0 Å². The molecule has 2 N–H and O–H groups in total. The summed E-state index contributed by atoms with van der Waals surface area (Å²) >= 11 is 0. The van der Waals surface area contributed by atoms with Crippen molar-refractivity contribution in [2.75, 3.05) is 0 Å². The molecule has 0 saturated carbocycles. The average Bonchev–Trinajstić information content (AvgIpc) is 2.46. The third-order valence-electron chi connectivity index (χ3n) is 1.19. The molecule has 2 heterocycles. The second-order valence-electron chi connectivity index (χ2n) is 1.86. The van der Waals surface area contributed by atoms with E-state index in [4.69, 9.17) is 5.53 Å². The quantitative estimate of drug-likeness (QED) is 0.585. The first-order valence-corrected chi connectivity index (χ1v) is 2.86. The minimum absolute atomic E-state index is 0.219. The van der Waals surface area contributed by atoms with Crippen LogP contribution in [0.25, 0.3) is 11.2 Å². The first-order valence-electron chi connectivity index (χ1n) is 2.86. The lowest BCUT2D eigenvalue weighted by molar-refractivity contribution is 1.07. The van der Waals surface area contributed by atoms with Crippen LogP contribution in [0, 0.1) is 11.7 Å². The van der Waals surface area contributed by atoms with E-state index in [1.165, 1.54) is 6.33 Å². The predicted octanol–water partition coefficient (Wildman–Crippen LogP) is 0.816. The van der Waals surface area contributed by atoms with Crippen LogP contribution in [0.5, 0.6) is 0 Å². The van der Waals surface area contributed by atoms with Crippen LogP contribution in [-0.4, -0.2) is 19.9 Å². The molecule has 0 atom stereocenters. The second kappa shape index (κ2) is 2.08. The molecule has 0 fully saturated rings. The number of fused-ring (bicyclic) bond motifs is 1. The first kappa shape index (κ1) is 5.90. The standard InChI is InChI=1S/C5H3N6/c6-11-5-9-3-1-7-2-8-4(3)10-5/h2,6H,(H,7,8,9,10). The summed E-state index contributed by atoms with van der Waals surface area (Å²) < 4.78 is 0. The highest BCUT2D eigenvalue weighted by atomic mass is 15.2. The van der Waals surface area contributed by atoms with Crippen LogP contribution >= 0.6 is 0 Å². The van der Waals surface area contributed by atoms with Crippen molar-refractivity contribution >= 4 is 17.1 Å². The molecule has 1 radical (unpaired) electrons. The Morgan fingerprint density at radius 3 is 3.27 bits per heavy atom. The number of aromatic amines is 1. The van der Waals surface area contributed by atoms with Crippen molar-refractivity contribution in [1.29, 1.82) is 5.53 Å². The van der Waals surface area contributed by atoms with E-state index < -0.39 is 0 Å². The number of imidazole rings is 1. The van der Waals surface area contributed by atoms with E-state index in [2.05, 4.69) is 31.2 Å². The van der Waals surface area contributed by atoms with Gasteiger partial charge in [0.25, 0.3) is 0 Å². The third kappa shape index (κ3) is 0.841. The van der Waals surface area contributed by atoms with Crippen LogP contribution < -0.4 is 0 Å². The number of nitrogens with one attached hydrogen (secondary N) is 2. The zero-order valence-corrected chi connectivity index (χ0v) is 5.37. The van der Waals surface area contributed by atoms with Crippen LogP contribution in [0.15, 0.2) is 11.4 Å². The van der Waals surface area contributed by atoms with Gasteiger partial charge in [0, 0.05) is 0 Å². The summed E-state index contributed by atoms with van der Waals surface area (Å²) in [7, 11) is 0. The van der Waals surface area contributed by atoms with Crippen LogP contribution in [0.4, 0.5) is 5.95 Å². The van der Waals surface area contributed by atoms with Gasteiger partial charge in [0.15, 0.2) is 5.65 Å². The number of H-pyrrole nitrogens is 1. The molecule has 2 rings (SSSR count). The van der Waals surface area contributed by atoms with Gasteiger partial charge in [-0.05, 0) is 0 Å². The zero-order valence-electron chi connectivity index (χ0n) is 5.37. The van der Waals surface area contributed by atoms with E-state index in [0.717, 1.165) is 0 Å². The fraction of sp³-hybridized carbons (Fsp3) is 0. The van der Waals surface area contributed by atoms with Gasteiger partial charge in [-0.3, -0.25) is 0 Å². The van der Waals surface area contributed by atoms with E-state index in [-0.39, 0.29) is 5.95 Å². The molecule has 0 unspecified atom stereocenters. The molecule has 11 heavy (non-hydrogen) atoms. The van der Waals surface area contributed by atoms with Gasteiger partial charge in [0.1, 0.15) is 18.0 Å². The van der Waals surface area contributed by atoms with Crippen LogP contribution in [-0.2, 0) is 0 Å². The number of nitrogens with zero attached hydrogens (tertiary/aromatic N) is 4. The molecule has 53 valence electrons. The van der Waals surface area contributed by atoms with Gasteiger partial charge in [-0.25, -0.2) is 15.5 Å². The number of rotatable bonds is 1. The second-order valence-corrected chi connectivity index (χ2v) is 1.86. The number of aromatic nitrogens is 4. The summed E-state index contributed by atoms with van der Waals surface area (Å²) in [4.78, 5) is 14.0. The van der Waals surface area contributed by atoms with Crippen LogP contribution in [0.3, 0.4) is 0 Å². The molecular weight excluding hydrogens is 144 g/mol. The molecule has 0 spiro atoms. The maximum Gasteiger partial charge on any atom is 0.248 e. The number of hydrogen-bond acceptors (Lipinski definition) is 5. The smallest absolute Gasteiger partial charge is 0.248 e. The highest BCUT2D eigenvalue weighted by molar-refractivity contribution is 5.70. The number of hydrogen-bond donors (Lipinski definition) is 2.